The Labute approximate surface area is 258 Å². The second-order valence-electron chi connectivity index (χ2n) is 11.6. The molecule has 0 atom stereocenters. The molecule has 0 unspecified atom stereocenters. The fraction of sp³-hybridized carbons (Fsp3) is 0.333. The number of urea groups is 1. The minimum Gasteiger partial charge on any atom is -0.371 e. The number of anilines is 2. The lowest BCUT2D eigenvalue weighted by molar-refractivity contribution is 0.244. The third-order valence-corrected chi connectivity index (χ3v) is 9.11. The van der Waals surface area contributed by atoms with Gasteiger partial charge in [0.1, 0.15) is 0 Å². The molecular formula is C33H34BrN7O2. The highest BCUT2D eigenvalue weighted by atomic mass is 79.9. The highest BCUT2D eigenvalue weighted by molar-refractivity contribution is 9.10. The summed E-state index contributed by atoms with van der Waals surface area (Å²) in [5, 5.41) is 16.0. The van der Waals surface area contributed by atoms with Gasteiger partial charge in [0.2, 0.25) is 5.78 Å². The van der Waals surface area contributed by atoms with Crippen LogP contribution in [0.5, 0.6) is 0 Å². The zero-order chi connectivity index (χ0) is 29.3. The van der Waals surface area contributed by atoms with E-state index >= 15 is 0 Å². The lowest BCUT2D eigenvalue weighted by Crippen LogP contribution is -2.39. The van der Waals surface area contributed by atoms with Gasteiger partial charge in [-0.05, 0) is 73.7 Å². The van der Waals surface area contributed by atoms with Crippen LogP contribution in [0.4, 0.5) is 16.2 Å². The molecule has 10 heteroatoms. The molecule has 3 heterocycles. The number of para-hydroxylation sites is 1. The summed E-state index contributed by atoms with van der Waals surface area (Å²) >= 11 is 3.66. The van der Waals surface area contributed by atoms with Crippen LogP contribution >= 0.6 is 15.9 Å². The monoisotopic (exact) mass is 639 g/mol. The van der Waals surface area contributed by atoms with E-state index < -0.39 is 0 Å². The summed E-state index contributed by atoms with van der Waals surface area (Å²) in [6.45, 7) is 2.28. The summed E-state index contributed by atoms with van der Waals surface area (Å²) in [4.78, 5) is 29.0. The van der Waals surface area contributed by atoms with Crippen molar-refractivity contribution < 1.29 is 4.79 Å². The van der Waals surface area contributed by atoms with E-state index in [0.29, 0.717) is 22.7 Å². The molecule has 1 aliphatic heterocycles. The van der Waals surface area contributed by atoms with Crippen molar-refractivity contribution in [2.45, 2.75) is 57.5 Å². The second-order valence-corrected chi connectivity index (χ2v) is 12.5. The Morgan fingerprint density at radius 3 is 2.56 bits per heavy atom. The number of nitrogens with one attached hydrogen (secondary N) is 2. The standard InChI is InChI=1S/C33H34BrN7O2/c34-23-15-16-28(39-17-6-7-18-39)27(20-23)30-37-38-33-40(31(42)26-13-4-5-14-29(26)41(30)33)21-22-9-8-12-25(19-22)36-32(43)35-24-10-2-1-3-11-24/h4-5,8-9,12-16,19-20,24H,1-3,6-7,10-11,17-18,21H2,(H2,35,36,43). The highest BCUT2D eigenvalue weighted by Crippen LogP contribution is 2.35. The number of hydrogen-bond acceptors (Lipinski definition) is 5. The van der Waals surface area contributed by atoms with E-state index in [-0.39, 0.29) is 24.2 Å². The van der Waals surface area contributed by atoms with Crippen molar-refractivity contribution in [3.63, 3.8) is 0 Å². The lowest BCUT2D eigenvalue weighted by Gasteiger charge is -2.23. The Kier molecular flexibility index (Phi) is 7.61. The molecule has 2 fully saturated rings. The molecule has 43 heavy (non-hydrogen) atoms. The first kappa shape index (κ1) is 27.6. The second kappa shape index (κ2) is 11.8. The number of benzene rings is 3. The number of rotatable bonds is 6. The number of hydrogen-bond donors (Lipinski definition) is 2. The van der Waals surface area contributed by atoms with E-state index in [1.54, 1.807) is 4.57 Å². The Morgan fingerprint density at radius 2 is 1.72 bits per heavy atom. The Hall–Kier alpha value is -4.18. The molecule has 2 aromatic heterocycles. The quantitative estimate of drug-likeness (QED) is 0.219. The number of amides is 2. The Bertz CT molecular complexity index is 1870. The van der Waals surface area contributed by atoms with E-state index in [2.05, 4.69) is 59.9 Å². The SMILES string of the molecule is O=C(Nc1cccc(Cn2c(=O)c3ccccc3n3c(-c4cc(Br)ccc4N4CCCC4)nnc23)c1)NC1CCCCC1. The maximum atomic E-state index is 13.9. The van der Waals surface area contributed by atoms with Crippen molar-refractivity contribution in [2.24, 2.45) is 0 Å². The first-order chi connectivity index (χ1) is 21.0. The van der Waals surface area contributed by atoms with Gasteiger partial charge >= 0.3 is 6.03 Å². The molecule has 220 valence electrons. The Morgan fingerprint density at radius 1 is 0.907 bits per heavy atom. The molecule has 0 radical (unpaired) electrons. The van der Waals surface area contributed by atoms with Crippen molar-refractivity contribution in [3.8, 4) is 11.4 Å². The predicted molar refractivity (Wildman–Crippen MR) is 174 cm³/mol. The van der Waals surface area contributed by atoms with Gasteiger partial charge in [0, 0.05) is 40.5 Å². The minimum atomic E-state index is -0.195. The maximum Gasteiger partial charge on any atom is 0.319 e. The smallest absolute Gasteiger partial charge is 0.319 e. The zero-order valence-corrected chi connectivity index (χ0v) is 25.5. The van der Waals surface area contributed by atoms with Gasteiger partial charge in [-0.3, -0.25) is 13.8 Å². The normalized spacial score (nSPS) is 15.8. The van der Waals surface area contributed by atoms with Crippen LogP contribution in [0.25, 0.3) is 28.1 Å². The molecule has 9 nitrogen and oxygen atoms in total. The van der Waals surface area contributed by atoms with Crippen molar-refractivity contribution in [2.75, 3.05) is 23.3 Å². The number of carbonyl (C=O) groups is 1. The van der Waals surface area contributed by atoms with Crippen LogP contribution in [-0.4, -0.2) is 44.3 Å². The molecule has 7 rings (SSSR count). The van der Waals surface area contributed by atoms with E-state index in [0.717, 1.165) is 78.4 Å². The van der Waals surface area contributed by atoms with Gasteiger partial charge in [0.15, 0.2) is 5.82 Å². The molecule has 0 spiro atoms. The van der Waals surface area contributed by atoms with Gasteiger partial charge in [-0.15, -0.1) is 10.2 Å². The van der Waals surface area contributed by atoms with Crippen LogP contribution in [0.3, 0.4) is 0 Å². The summed E-state index contributed by atoms with van der Waals surface area (Å²) in [5.41, 5.74) is 4.27. The van der Waals surface area contributed by atoms with Gasteiger partial charge in [-0.2, -0.15) is 0 Å². The largest absolute Gasteiger partial charge is 0.371 e. The number of fused-ring (bicyclic) bond motifs is 3. The lowest BCUT2D eigenvalue weighted by atomic mass is 9.96. The van der Waals surface area contributed by atoms with E-state index in [4.69, 9.17) is 0 Å². The zero-order valence-electron chi connectivity index (χ0n) is 23.9. The summed E-state index contributed by atoms with van der Waals surface area (Å²) in [5.74, 6) is 1.16. The maximum absolute atomic E-state index is 13.9. The molecule has 2 N–H and O–H groups in total. The summed E-state index contributed by atoms with van der Waals surface area (Å²) in [6.07, 6.45) is 7.91. The fourth-order valence-corrected chi connectivity index (χ4v) is 6.89. The van der Waals surface area contributed by atoms with Gasteiger partial charge in [0.25, 0.3) is 5.56 Å². The molecule has 2 amide bonds. The Balaban J connectivity index is 1.27. The van der Waals surface area contributed by atoms with Crippen LogP contribution in [0.15, 0.2) is 76.0 Å². The molecule has 0 bridgehead atoms. The molecule has 1 saturated heterocycles. The van der Waals surface area contributed by atoms with E-state index in [9.17, 15) is 9.59 Å². The summed E-state index contributed by atoms with van der Waals surface area (Å²) < 4.78 is 4.63. The summed E-state index contributed by atoms with van der Waals surface area (Å²) in [7, 11) is 0. The van der Waals surface area contributed by atoms with Crippen molar-refractivity contribution in [1.82, 2.24) is 24.5 Å². The molecule has 3 aromatic carbocycles. The number of nitrogens with zero attached hydrogens (tertiary/aromatic N) is 5. The third-order valence-electron chi connectivity index (χ3n) is 8.62. The minimum absolute atomic E-state index is 0.135. The predicted octanol–water partition coefficient (Wildman–Crippen LogP) is 6.58. The van der Waals surface area contributed by atoms with E-state index in [1.807, 2.05) is 52.9 Å². The summed E-state index contributed by atoms with van der Waals surface area (Å²) in [6, 6.07) is 21.6. The van der Waals surface area contributed by atoms with Crippen LogP contribution in [0, 0.1) is 0 Å². The van der Waals surface area contributed by atoms with E-state index in [1.165, 1.54) is 6.42 Å². The molecular weight excluding hydrogens is 606 g/mol. The number of aromatic nitrogens is 4. The molecule has 2 aliphatic rings. The van der Waals surface area contributed by atoms with Gasteiger partial charge < -0.3 is 15.5 Å². The number of carbonyl (C=O) groups excluding carboxylic acids is 1. The average molecular weight is 641 g/mol. The van der Waals surface area contributed by atoms with Gasteiger partial charge in [-0.25, -0.2) is 4.79 Å². The van der Waals surface area contributed by atoms with Crippen LogP contribution in [0.1, 0.15) is 50.5 Å². The van der Waals surface area contributed by atoms with Crippen LogP contribution < -0.4 is 21.1 Å². The first-order valence-electron chi connectivity index (χ1n) is 15.1. The van der Waals surface area contributed by atoms with Gasteiger partial charge in [0.05, 0.1) is 17.4 Å². The third kappa shape index (κ3) is 5.51. The van der Waals surface area contributed by atoms with Crippen molar-refractivity contribution in [3.05, 3.63) is 87.1 Å². The van der Waals surface area contributed by atoms with Crippen molar-refractivity contribution >= 4 is 50.0 Å². The highest BCUT2D eigenvalue weighted by Gasteiger charge is 2.23. The van der Waals surface area contributed by atoms with Crippen molar-refractivity contribution in [1.29, 1.82) is 0 Å². The average Bonchev–Trinajstić information content (AvgIpc) is 3.71. The van der Waals surface area contributed by atoms with Crippen LogP contribution in [-0.2, 0) is 6.54 Å². The van der Waals surface area contributed by atoms with Crippen LogP contribution in [0.2, 0.25) is 0 Å². The molecule has 5 aromatic rings. The molecule has 1 aliphatic carbocycles. The number of halogens is 1. The topological polar surface area (TPSA) is 96.6 Å². The van der Waals surface area contributed by atoms with Gasteiger partial charge in [-0.1, -0.05) is 59.5 Å². The first-order valence-corrected chi connectivity index (χ1v) is 15.9. The molecule has 1 saturated carbocycles. The fourth-order valence-electron chi connectivity index (χ4n) is 6.53.